The van der Waals surface area contributed by atoms with Crippen molar-refractivity contribution < 1.29 is 19.1 Å². The van der Waals surface area contributed by atoms with Crippen LogP contribution in [0.1, 0.15) is 13.3 Å². The second-order valence-electron chi connectivity index (χ2n) is 2.65. The van der Waals surface area contributed by atoms with E-state index in [9.17, 15) is 9.59 Å². The van der Waals surface area contributed by atoms with Crippen LogP contribution in [0.25, 0.3) is 0 Å². The predicted molar refractivity (Wildman–Crippen MR) is 40.6 cm³/mol. The average molecular weight is 172 g/mol. The highest BCUT2D eigenvalue weighted by molar-refractivity contribution is 6.34. The first kappa shape index (κ1) is 9.19. The molecule has 68 valence electrons. The lowest BCUT2D eigenvalue weighted by atomic mass is 10.0. The summed E-state index contributed by atoms with van der Waals surface area (Å²) >= 11 is 0. The number of ether oxygens (including phenoxy) is 2. The molecule has 0 amide bonds. The second-order valence-corrected chi connectivity index (χ2v) is 2.65. The van der Waals surface area contributed by atoms with Gasteiger partial charge in [0, 0.05) is 6.61 Å². The molecule has 4 heteroatoms. The number of carbonyl (C=O) groups excluding carboxylic acids is 2. The summed E-state index contributed by atoms with van der Waals surface area (Å²) in [5.41, 5.74) is 0. The molecule has 0 aliphatic carbocycles. The molecule has 1 unspecified atom stereocenters. The number of Topliss-reactive ketones (excluding diaryl/α,β-unsaturated/α-hetero) is 1. The third-order valence-corrected chi connectivity index (χ3v) is 1.78. The van der Waals surface area contributed by atoms with Crippen molar-refractivity contribution in [2.75, 3.05) is 19.8 Å². The molecular formula is C8H12O4. The summed E-state index contributed by atoms with van der Waals surface area (Å²) in [7, 11) is 0. The van der Waals surface area contributed by atoms with E-state index in [2.05, 4.69) is 4.74 Å². The van der Waals surface area contributed by atoms with Crippen molar-refractivity contribution in [1.29, 1.82) is 0 Å². The first-order valence-electron chi connectivity index (χ1n) is 4.04. The van der Waals surface area contributed by atoms with Crippen molar-refractivity contribution in [3.63, 3.8) is 0 Å². The van der Waals surface area contributed by atoms with Gasteiger partial charge in [0.25, 0.3) is 0 Å². The molecule has 4 nitrogen and oxygen atoms in total. The Morgan fingerprint density at radius 3 is 2.83 bits per heavy atom. The summed E-state index contributed by atoms with van der Waals surface area (Å²) in [4.78, 5) is 22.1. The Kier molecular flexibility index (Phi) is 3.22. The maximum absolute atomic E-state index is 11.2. The van der Waals surface area contributed by atoms with Crippen molar-refractivity contribution in [2.24, 2.45) is 5.92 Å². The van der Waals surface area contributed by atoms with E-state index in [1.54, 1.807) is 6.92 Å². The highest BCUT2D eigenvalue weighted by Crippen LogP contribution is 2.13. The van der Waals surface area contributed by atoms with Crippen LogP contribution in [-0.4, -0.2) is 31.6 Å². The van der Waals surface area contributed by atoms with Gasteiger partial charge >= 0.3 is 5.97 Å². The van der Waals surface area contributed by atoms with E-state index in [4.69, 9.17) is 4.74 Å². The van der Waals surface area contributed by atoms with Crippen LogP contribution in [0.2, 0.25) is 0 Å². The third kappa shape index (κ3) is 2.04. The number of ketones is 1. The summed E-state index contributed by atoms with van der Waals surface area (Å²) in [5.74, 6) is -1.45. The molecular weight excluding hydrogens is 160 g/mol. The van der Waals surface area contributed by atoms with Crippen LogP contribution in [0.3, 0.4) is 0 Å². The van der Waals surface area contributed by atoms with Crippen LogP contribution in [0.15, 0.2) is 0 Å². The van der Waals surface area contributed by atoms with Crippen LogP contribution in [0.5, 0.6) is 0 Å². The zero-order chi connectivity index (χ0) is 8.97. The summed E-state index contributed by atoms with van der Waals surface area (Å²) in [6.45, 7) is 2.85. The lowest BCUT2D eigenvalue weighted by Crippen LogP contribution is -2.25. The molecule has 0 N–H and O–H groups in total. The quantitative estimate of drug-likeness (QED) is 0.449. The van der Waals surface area contributed by atoms with Gasteiger partial charge in [-0.15, -0.1) is 0 Å². The fourth-order valence-corrected chi connectivity index (χ4v) is 1.11. The van der Waals surface area contributed by atoms with E-state index in [0.29, 0.717) is 19.6 Å². The van der Waals surface area contributed by atoms with Gasteiger partial charge in [-0.2, -0.15) is 0 Å². The standard InChI is InChI=1S/C8H12O4/c1-2-12-8(10)7(9)6-3-4-11-5-6/h6H,2-5H2,1H3. The van der Waals surface area contributed by atoms with Gasteiger partial charge in [0.2, 0.25) is 5.78 Å². The van der Waals surface area contributed by atoms with Crippen LogP contribution >= 0.6 is 0 Å². The molecule has 12 heavy (non-hydrogen) atoms. The zero-order valence-corrected chi connectivity index (χ0v) is 7.04. The van der Waals surface area contributed by atoms with E-state index in [1.165, 1.54) is 0 Å². The highest BCUT2D eigenvalue weighted by Gasteiger charge is 2.29. The van der Waals surface area contributed by atoms with Gasteiger partial charge in [0.05, 0.1) is 19.1 Å². The van der Waals surface area contributed by atoms with Crippen LogP contribution in [0.4, 0.5) is 0 Å². The van der Waals surface area contributed by atoms with Gasteiger partial charge in [-0.3, -0.25) is 4.79 Å². The summed E-state index contributed by atoms with van der Waals surface area (Å²) in [6, 6.07) is 0. The highest BCUT2D eigenvalue weighted by atomic mass is 16.5. The molecule has 0 radical (unpaired) electrons. The zero-order valence-electron chi connectivity index (χ0n) is 7.04. The summed E-state index contributed by atoms with van der Waals surface area (Å²) < 4.78 is 9.55. The topological polar surface area (TPSA) is 52.6 Å². The van der Waals surface area contributed by atoms with Crippen LogP contribution in [0, 0.1) is 5.92 Å². The van der Waals surface area contributed by atoms with Gasteiger partial charge < -0.3 is 9.47 Å². The molecule has 0 aromatic rings. The molecule has 1 saturated heterocycles. The molecule has 1 aliphatic rings. The first-order chi connectivity index (χ1) is 5.75. The Labute approximate surface area is 70.8 Å². The number of esters is 1. The molecule has 0 aromatic carbocycles. The molecule has 1 aliphatic heterocycles. The van der Waals surface area contributed by atoms with Gasteiger partial charge in [0.1, 0.15) is 0 Å². The minimum absolute atomic E-state index is 0.248. The Morgan fingerprint density at radius 2 is 2.33 bits per heavy atom. The van der Waals surface area contributed by atoms with E-state index in [0.717, 1.165) is 0 Å². The maximum Gasteiger partial charge on any atom is 0.374 e. The molecule has 0 bridgehead atoms. The lowest BCUT2D eigenvalue weighted by Gasteiger charge is -2.04. The van der Waals surface area contributed by atoms with Crippen molar-refractivity contribution in [2.45, 2.75) is 13.3 Å². The SMILES string of the molecule is CCOC(=O)C(=O)C1CCOC1. The Balaban J connectivity index is 2.40. The average Bonchev–Trinajstić information content (AvgIpc) is 2.55. The fraction of sp³-hybridized carbons (Fsp3) is 0.750. The van der Waals surface area contributed by atoms with Crippen molar-refractivity contribution in [3.05, 3.63) is 0 Å². The number of hydrogen-bond donors (Lipinski definition) is 0. The molecule has 1 atom stereocenters. The normalized spacial score (nSPS) is 22.2. The summed E-state index contributed by atoms with van der Waals surface area (Å²) in [5, 5.41) is 0. The Bertz CT molecular complexity index is 181. The Morgan fingerprint density at radius 1 is 1.58 bits per heavy atom. The van der Waals surface area contributed by atoms with Crippen LogP contribution in [-0.2, 0) is 19.1 Å². The number of rotatable bonds is 3. The van der Waals surface area contributed by atoms with Crippen molar-refractivity contribution in [3.8, 4) is 0 Å². The molecule has 0 saturated carbocycles. The minimum Gasteiger partial charge on any atom is -0.460 e. The van der Waals surface area contributed by atoms with Gasteiger partial charge in [-0.1, -0.05) is 0 Å². The number of carbonyl (C=O) groups is 2. The predicted octanol–water partition coefficient (Wildman–Crippen LogP) is 0.155. The van der Waals surface area contributed by atoms with E-state index < -0.39 is 11.8 Å². The molecule has 0 spiro atoms. The molecule has 1 heterocycles. The lowest BCUT2D eigenvalue weighted by molar-refractivity contribution is -0.155. The van der Waals surface area contributed by atoms with Gasteiger partial charge in [-0.25, -0.2) is 4.79 Å². The largest absolute Gasteiger partial charge is 0.460 e. The minimum atomic E-state index is -0.729. The Hall–Kier alpha value is -0.900. The van der Waals surface area contributed by atoms with Gasteiger partial charge in [-0.05, 0) is 13.3 Å². The second kappa shape index (κ2) is 4.21. The summed E-state index contributed by atoms with van der Waals surface area (Å²) in [6.07, 6.45) is 0.637. The van der Waals surface area contributed by atoms with Crippen molar-refractivity contribution >= 4 is 11.8 Å². The third-order valence-electron chi connectivity index (χ3n) is 1.78. The molecule has 1 fully saturated rings. The van der Waals surface area contributed by atoms with E-state index in [-0.39, 0.29) is 12.5 Å². The monoisotopic (exact) mass is 172 g/mol. The van der Waals surface area contributed by atoms with Crippen LogP contribution < -0.4 is 0 Å². The first-order valence-corrected chi connectivity index (χ1v) is 4.04. The van der Waals surface area contributed by atoms with Crippen molar-refractivity contribution in [1.82, 2.24) is 0 Å². The molecule has 1 rings (SSSR count). The van der Waals surface area contributed by atoms with Gasteiger partial charge in [0.15, 0.2) is 0 Å². The number of hydrogen-bond acceptors (Lipinski definition) is 4. The van der Waals surface area contributed by atoms with E-state index in [1.807, 2.05) is 0 Å². The fourth-order valence-electron chi connectivity index (χ4n) is 1.11. The molecule has 0 aromatic heterocycles. The smallest absolute Gasteiger partial charge is 0.374 e. The van der Waals surface area contributed by atoms with E-state index >= 15 is 0 Å². The maximum atomic E-state index is 11.2.